The molecule has 0 saturated heterocycles. The molecule has 108 valence electrons. The highest BCUT2D eigenvalue weighted by Gasteiger charge is 2.25. The molecule has 0 aliphatic heterocycles. The Morgan fingerprint density at radius 3 is 2.50 bits per heavy atom. The van der Waals surface area contributed by atoms with Gasteiger partial charge in [0.2, 0.25) is 0 Å². The molecule has 2 rings (SSSR count). The summed E-state index contributed by atoms with van der Waals surface area (Å²) in [6.45, 7) is 3.62. The SMILES string of the molecule is CC(C)n1c(-c2cc(Br)ccc2Cl)nnc1S(=O)(=O)Cl. The van der Waals surface area contributed by atoms with Gasteiger partial charge in [0.25, 0.3) is 14.2 Å². The molecule has 2 aromatic rings. The van der Waals surface area contributed by atoms with Crippen LogP contribution in [0.25, 0.3) is 11.4 Å². The van der Waals surface area contributed by atoms with Gasteiger partial charge in [-0.2, -0.15) is 0 Å². The molecule has 0 aliphatic carbocycles. The molecular formula is C11H10BrCl2N3O2S. The third-order valence-corrected chi connectivity index (χ3v) is 4.52. The van der Waals surface area contributed by atoms with Crippen LogP contribution in [0.3, 0.4) is 0 Å². The Labute approximate surface area is 134 Å². The van der Waals surface area contributed by atoms with Gasteiger partial charge in [0.1, 0.15) is 0 Å². The summed E-state index contributed by atoms with van der Waals surface area (Å²) in [6.07, 6.45) is 0. The summed E-state index contributed by atoms with van der Waals surface area (Å²) in [6, 6.07) is 5.02. The molecule has 0 radical (unpaired) electrons. The Hall–Kier alpha value is -0.630. The fraction of sp³-hybridized carbons (Fsp3) is 0.273. The van der Waals surface area contributed by atoms with Crippen molar-refractivity contribution < 1.29 is 8.42 Å². The molecule has 0 fully saturated rings. The summed E-state index contributed by atoms with van der Waals surface area (Å²) >= 11 is 9.49. The van der Waals surface area contributed by atoms with Gasteiger partial charge < -0.3 is 0 Å². The topological polar surface area (TPSA) is 64.8 Å². The van der Waals surface area contributed by atoms with E-state index >= 15 is 0 Å². The maximum Gasteiger partial charge on any atom is 0.296 e. The number of aromatic nitrogens is 3. The van der Waals surface area contributed by atoms with Crippen LogP contribution in [0.2, 0.25) is 5.02 Å². The zero-order valence-corrected chi connectivity index (χ0v) is 14.4. The van der Waals surface area contributed by atoms with Gasteiger partial charge >= 0.3 is 0 Å². The fourth-order valence-electron chi connectivity index (χ4n) is 1.76. The highest BCUT2D eigenvalue weighted by atomic mass is 79.9. The van der Waals surface area contributed by atoms with Gasteiger partial charge in [-0.15, -0.1) is 10.2 Å². The number of nitrogens with zero attached hydrogens (tertiary/aromatic N) is 3. The first-order valence-electron chi connectivity index (χ1n) is 5.57. The van der Waals surface area contributed by atoms with E-state index in [9.17, 15) is 8.42 Å². The number of hydrogen-bond acceptors (Lipinski definition) is 4. The molecule has 5 nitrogen and oxygen atoms in total. The van der Waals surface area contributed by atoms with Crippen LogP contribution in [0.4, 0.5) is 0 Å². The molecule has 0 spiro atoms. The summed E-state index contributed by atoms with van der Waals surface area (Å²) in [4.78, 5) is 0. The van der Waals surface area contributed by atoms with Crippen LogP contribution >= 0.6 is 38.2 Å². The van der Waals surface area contributed by atoms with E-state index in [1.807, 2.05) is 13.8 Å². The van der Waals surface area contributed by atoms with Crippen molar-refractivity contribution in [3.05, 3.63) is 27.7 Å². The van der Waals surface area contributed by atoms with Crippen LogP contribution in [0, 0.1) is 0 Å². The fourth-order valence-corrected chi connectivity index (χ4v) is 3.31. The minimum Gasteiger partial charge on any atom is -0.294 e. The van der Waals surface area contributed by atoms with Gasteiger partial charge in [-0.3, -0.25) is 4.57 Å². The summed E-state index contributed by atoms with van der Waals surface area (Å²) < 4.78 is 25.3. The lowest BCUT2D eigenvalue weighted by Gasteiger charge is -2.13. The van der Waals surface area contributed by atoms with Crippen molar-refractivity contribution >= 4 is 47.3 Å². The number of rotatable bonds is 3. The Bertz CT molecular complexity index is 759. The van der Waals surface area contributed by atoms with Crippen molar-refractivity contribution in [2.24, 2.45) is 0 Å². The number of benzene rings is 1. The van der Waals surface area contributed by atoms with Gasteiger partial charge in [0.15, 0.2) is 5.82 Å². The monoisotopic (exact) mass is 397 g/mol. The van der Waals surface area contributed by atoms with E-state index < -0.39 is 9.05 Å². The van der Waals surface area contributed by atoms with E-state index in [1.54, 1.807) is 18.2 Å². The smallest absolute Gasteiger partial charge is 0.294 e. The van der Waals surface area contributed by atoms with Crippen molar-refractivity contribution in [2.75, 3.05) is 0 Å². The van der Waals surface area contributed by atoms with Gasteiger partial charge in [-0.25, -0.2) is 8.42 Å². The molecule has 1 heterocycles. The van der Waals surface area contributed by atoms with Gasteiger partial charge in [0.05, 0.1) is 5.02 Å². The standard InChI is InChI=1S/C11H10BrCl2N3O2S/c1-6(2)17-10(15-16-11(17)20(14,18)19)8-5-7(12)3-4-9(8)13/h3-6H,1-2H3. The largest absolute Gasteiger partial charge is 0.296 e. The van der Waals surface area contributed by atoms with Crippen molar-refractivity contribution in [1.82, 2.24) is 14.8 Å². The molecule has 20 heavy (non-hydrogen) atoms. The summed E-state index contributed by atoms with van der Waals surface area (Å²) in [5.41, 5.74) is 0.578. The Morgan fingerprint density at radius 1 is 1.30 bits per heavy atom. The van der Waals surface area contributed by atoms with Crippen LogP contribution in [0.15, 0.2) is 27.8 Å². The quantitative estimate of drug-likeness (QED) is 0.736. The summed E-state index contributed by atoms with van der Waals surface area (Å²) in [7, 11) is 1.40. The lowest BCUT2D eigenvalue weighted by Crippen LogP contribution is -2.10. The first-order valence-corrected chi connectivity index (χ1v) is 9.05. The molecule has 0 atom stereocenters. The second-order valence-corrected chi connectivity index (χ2v) is 8.11. The second kappa shape index (κ2) is 5.63. The highest BCUT2D eigenvalue weighted by Crippen LogP contribution is 2.32. The average Bonchev–Trinajstić information content (AvgIpc) is 2.76. The first kappa shape index (κ1) is 15.8. The number of hydrogen-bond donors (Lipinski definition) is 0. The van der Waals surface area contributed by atoms with Crippen LogP contribution in [-0.2, 0) is 9.05 Å². The van der Waals surface area contributed by atoms with Crippen LogP contribution < -0.4 is 0 Å². The lowest BCUT2D eigenvalue weighted by atomic mass is 10.2. The van der Waals surface area contributed by atoms with E-state index in [1.165, 1.54) is 4.57 Å². The van der Waals surface area contributed by atoms with Crippen molar-refractivity contribution in [2.45, 2.75) is 25.0 Å². The van der Waals surface area contributed by atoms with E-state index in [0.29, 0.717) is 16.4 Å². The second-order valence-electron chi connectivity index (χ2n) is 4.33. The van der Waals surface area contributed by atoms with Crippen LogP contribution in [0.5, 0.6) is 0 Å². The molecule has 0 bridgehead atoms. The molecule has 1 aromatic carbocycles. The summed E-state index contributed by atoms with van der Waals surface area (Å²) in [5, 5.41) is 7.75. The normalized spacial score (nSPS) is 12.1. The molecule has 0 aliphatic rings. The van der Waals surface area contributed by atoms with E-state index in [4.69, 9.17) is 22.3 Å². The van der Waals surface area contributed by atoms with E-state index in [-0.39, 0.29) is 11.2 Å². The zero-order valence-electron chi connectivity index (χ0n) is 10.5. The molecule has 0 amide bonds. The maximum atomic E-state index is 11.6. The van der Waals surface area contributed by atoms with Gasteiger partial charge in [0, 0.05) is 26.8 Å². The lowest BCUT2D eigenvalue weighted by molar-refractivity contribution is 0.530. The van der Waals surface area contributed by atoms with Crippen LogP contribution in [-0.4, -0.2) is 23.2 Å². The molecule has 9 heteroatoms. The molecule has 0 N–H and O–H groups in total. The van der Waals surface area contributed by atoms with Crippen LogP contribution in [0.1, 0.15) is 19.9 Å². The zero-order chi connectivity index (χ0) is 15.1. The Morgan fingerprint density at radius 2 is 1.95 bits per heavy atom. The predicted octanol–water partition coefficient (Wildman–Crippen LogP) is 3.87. The van der Waals surface area contributed by atoms with Crippen molar-refractivity contribution in [3.63, 3.8) is 0 Å². The molecular weight excluding hydrogens is 389 g/mol. The Balaban J connectivity index is 2.76. The predicted molar refractivity (Wildman–Crippen MR) is 81.6 cm³/mol. The van der Waals surface area contributed by atoms with Crippen molar-refractivity contribution in [1.29, 1.82) is 0 Å². The van der Waals surface area contributed by atoms with E-state index in [0.717, 1.165) is 4.47 Å². The van der Waals surface area contributed by atoms with Gasteiger partial charge in [-0.05, 0) is 32.0 Å². The molecule has 1 aromatic heterocycles. The maximum absolute atomic E-state index is 11.6. The third-order valence-electron chi connectivity index (χ3n) is 2.57. The third kappa shape index (κ3) is 3.00. The minimum absolute atomic E-state index is 0.196. The number of halogens is 3. The first-order chi connectivity index (χ1) is 9.21. The highest BCUT2D eigenvalue weighted by molar-refractivity contribution is 9.10. The minimum atomic E-state index is -3.98. The molecule has 0 saturated carbocycles. The Kier molecular flexibility index (Phi) is 4.44. The van der Waals surface area contributed by atoms with Crippen molar-refractivity contribution in [3.8, 4) is 11.4 Å². The average molecular weight is 399 g/mol. The van der Waals surface area contributed by atoms with Gasteiger partial charge in [-0.1, -0.05) is 27.5 Å². The summed E-state index contributed by atoms with van der Waals surface area (Å²) in [5.74, 6) is 0.352. The van der Waals surface area contributed by atoms with E-state index in [2.05, 4.69) is 26.1 Å². The molecule has 0 unspecified atom stereocenters.